The highest BCUT2D eigenvalue weighted by Crippen LogP contribution is 2.16. The Morgan fingerprint density at radius 3 is 0.953 bits per heavy atom. The Labute approximate surface area is 397 Å². The van der Waals surface area contributed by atoms with E-state index in [2.05, 4.69) is 69.4 Å². The molecule has 0 saturated heterocycles. The molecule has 0 heterocycles. The van der Waals surface area contributed by atoms with E-state index >= 15 is 0 Å². The zero-order valence-corrected chi connectivity index (χ0v) is 42.6. The van der Waals surface area contributed by atoms with Gasteiger partial charge in [0.2, 0.25) is 0 Å². The Kier molecular flexibility index (Phi) is 50.8. The van der Waals surface area contributed by atoms with Crippen LogP contribution in [0.25, 0.3) is 0 Å². The van der Waals surface area contributed by atoms with Gasteiger partial charge in [0.25, 0.3) is 0 Å². The average molecular weight is 897 g/mol. The third-order valence-electron chi connectivity index (χ3n) is 12.0. The number of unbranched alkanes of at least 4 members (excludes halogenated alkanes) is 31. The predicted octanol–water partition coefficient (Wildman–Crippen LogP) is 18.3. The van der Waals surface area contributed by atoms with Gasteiger partial charge in [-0.3, -0.25) is 14.4 Å². The fraction of sp³-hybridized carbons (Fsp3) is 0.810. The molecule has 0 aromatic carbocycles. The van der Waals surface area contributed by atoms with Gasteiger partial charge in [-0.15, -0.1) is 0 Å². The largest absolute Gasteiger partial charge is 0.462 e. The molecule has 0 bridgehead atoms. The van der Waals surface area contributed by atoms with Crippen molar-refractivity contribution in [3.63, 3.8) is 0 Å². The van der Waals surface area contributed by atoms with Crippen LogP contribution in [-0.4, -0.2) is 37.2 Å². The van der Waals surface area contributed by atoms with Crippen LogP contribution < -0.4 is 0 Å². The first-order chi connectivity index (χ1) is 31.5. The Balaban J connectivity index is 4.26. The molecular weight excluding hydrogens is 793 g/mol. The highest BCUT2D eigenvalue weighted by molar-refractivity contribution is 5.71. The van der Waals surface area contributed by atoms with Gasteiger partial charge in [-0.05, 0) is 77.0 Å². The summed E-state index contributed by atoms with van der Waals surface area (Å²) in [6.45, 7) is 6.57. The van der Waals surface area contributed by atoms with Gasteiger partial charge >= 0.3 is 17.9 Å². The topological polar surface area (TPSA) is 78.9 Å². The van der Waals surface area contributed by atoms with Crippen LogP contribution in [0.3, 0.4) is 0 Å². The van der Waals surface area contributed by atoms with Gasteiger partial charge in [0, 0.05) is 19.3 Å². The lowest BCUT2D eigenvalue weighted by molar-refractivity contribution is -0.167. The summed E-state index contributed by atoms with van der Waals surface area (Å²) >= 11 is 0. The monoisotopic (exact) mass is 897 g/mol. The van der Waals surface area contributed by atoms with Gasteiger partial charge in [0.05, 0.1) is 0 Å². The minimum Gasteiger partial charge on any atom is -0.462 e. The van der Waals surface area contributed by atoms with E-state index in [1.165, 1.54) is 154 Å². The quantitative estimate of drug-likeness (QED) is 0.0262. The molecule has 0 aromatic heterocycles. The van der Waals surface area contributed by atoms with Crippen LogP contribution in [0.2, 0.25) is 0 Å². The second-order valence-electron chi connectivity index (χ2n) is 18.5. The van der Waals surface area contributed by atoms with Crippen molar-refractivity contribution < 1.29 is 28.6 Å². The van der Waals surface area contributed by atoms with Crippen molar-refractivity contribution in [3.05, 3.63) is 48.6 Å². The summed E-state index contributed by atoms with van der Waals surface area (Å²) in [6, 6.07) is 0. The van der Waals surface area contributed by atoms with Crippen LogP contribution in [0, 0.1) is 0 Å². The van der Waals surface area contributed by atoms with Gasteiger partial charge in [-0.2, -0.15) is 0 Å². The lowest BCUT2D eigenvalue weighted by Crippen LogP contribution is -2.30. The zero-order valence-electron chi connectivity index (χ0n) is 42.6. The first-order valence-corrected chi connectivity index (χ1v) is 27.6. The number of esters is 3. The van der Waals surface area contributed by atoms with Crippen molar-refractivity contribution in [2.45, 2.75) is 290 Å². The van der Waals surface area contributed by atoms with E-state index in [0.29, 0.717) is 19.3 Å². The molecule has 0 N–H and O–H groups in total. The summed E-state index contributed by atoms with van der Waals surface area (Å²) in [7, 11) is 0. The van der Waals surface area contributed by atoms with Crippen LogP contribution in [0.4, 0.5) is 0 Å². The van der Waals surface area contributed by atoms with E-state index in [0.717, 1.165) is 89.9 Å². The number of rotatable bonds is 50. The van der Waals surface area contributed by atoms with Crippen molar-refractivity contribution in [2.75, 3.05) is 13.2 Å². The Morgan fingerprint density at radius 2 is 0.594 bits per heavy atom. The minimum atomic E-state index is -0.775. The standard InChI is InChI=1S/C58H104O6/c1-4-7-10-13-16-19-22-24-25-26-27-28-29-30-31-32-33-35-36-39-42-45-48-51-57(60)63-54-55(53-62-56(59)50-47-44-41-38-21-18-15-12-9-6-3)64-58(61)52-49-46-43-40-37-34-23-20-17-14-11-8-5-2/h12,15,22,24,26-27,29-30,55H,4-11,13-14,16-21,23,25,28,31-54H2,1-3H3/b15-12-,24-22-,27-26-,30-29-. The summed E-state index contributed by atoms with van der Waals surface area (Å²) in [5.41, 5.74) is 0. The molecule has 6 heteroatoms. The number of hydrogen-bond acceptors (Lipinski definition) is 6. The molecule has 0 radical (unpaired) electrons. The Hall–Kier alpha value is -2.63. The van der Waals surface area contributed by atoms with E-state index < -0.39 is 6.10 Å². The molecule has 0 fully saturated rings. The van der Waals surface area contributed by atoms with Gasteiger partial charge < -0.3 is 14.2 Å². The number of carbonyl (C=O) groups excluding carboxylic acids is 3. The second-order valence-corrected chi connectivity index (χ2v) is 18.5. The molecule has 0 spiro atoms. The maximum atomic E-state index is 12.8. The van der Waals surface area contributed by atoms with E-state index in [-0.39, 0.29) is 31.1 Å². The maximum absolute atomic E-state index is 12.8. The van der Waals surface area contributed by atoms with Gasteiger partial charge in [0.1, 0.15) is 13.2 Å². The lowest BCUT2D eigenvalue weighted by Gasteiger charge is -2.18. The first-order valence-electron chi connectivity index (χ1n) is 27.6. The molecule has 372 valence electrons. The Morgan fingerprint density at radius 1 is 0.312 bits per heavy atom. The Bertz CT molecular complexity index is 1120. The van der Waals surface area contributed by atoms with Crippen LogP contribution in [0.15, 0.2) is 48.6 Å². The highest BCUT2D eigenvalue weighted by atomic mass is 16.6. The molecule has 1 atom stereocenters. The van der Waals surface area contributed by atoms with Gasteiger partial charge in [-0.1, -0.05) is 236 Å². The van der Waals surface area contributed by atoms with Crippen LogP contribution in [-0.2, 0) is 28.6 Å². The number of hydrogen-bond donors (Lipinski definition) is 0. The SMILES string of the molecule is CCC/C=C\CCCCCCCC(=O)OCC(COC(=O)CCCCCCCCCC/C=C\C/C=C\C/C=C\CCCCCCC)OC(=O)CCCCCCCCCCCCCCC. The minimum absolute atomic E-state index is 0.0774. The van der Waals surface area contributed by atoms with Gasteiger partial charge in [-0.25, -0.2) is 0 Å². The molecule has 0 amide bonds. The summed E-state index contributed by atoms with van der Waals surface area (Å²) in [6.07, 6.45) is 63.9. The molecular formula is C58H104O6. The van der Waals surface area contributed by atoms with Crippen molar-refractivity contribution in [2.24, 2.45) is 0 Å². The molecule has 64 heavy (non-hydrogen) atoms. The number of allylic oxidation sites excluding steroid dienone is 8. The van der Waals surface area contributed by atoms with Crippen molar-refractivity contribution in [1.82, 2.24) is 0 Å². The van der Waals surface area contributed by atoms with E-state index in [1.54, 1.807) is 0 Å². The van der Waals surface area contributed by atoms with Gasteiger partial charge in [0.15, 0.2) is 6.10 Å². The number of ether oxygens (including phenoxy) is 3. The first kappa shape index (κ1) is 61.4. The molecule has 0 saturated carbocycles. The molecule has 0 aliphatic heterocycles. The summed E-state index contributed by atoms with van der Waals surface area (Å²) < 4.78 is 16.8. The lowest BCUT2D eigenvalue weighted by atomic mass is 10.0. The summed E-state index contributed by atoms with van der Waals surface area (Å²) in [5.74, 6) is -0.885. The number of carbonyl (C=O) groups is 3. The maximum Gasteiger partial charge on any atom is 0.306 e. The fourth-order valence-electron chi connectivity index (χ4n) is 7.86. The molecule has 6 nitrogen and oxygen atoms in total. The third kappa shape index (κ3) is 50.4. The van der Waals surface area contributed by atoms with E-state index in [1.807, 2.05) is 0 Å². The predicted molar refractivity (Wildman–Crippen MR) is 275 cm³/mol. The van der Waals surface area contributed by atoms with E-state index in [9.17, 15) is 14.4 Å². The smallest absolute Gasteiger partial charge is 0.306 e. The third-order valence-corrected chi connectivity index (χ3v) is 12.0. The molecule has 0 aromatic rings. The van der Waals surface area contributed by atoms with Crippen LogP contribution in [0.1, 0.15) is 284 Å². The van der Waals surface area contributed by atoms with Crippen molar-refractivity contribution >= 4 is 17.9 Å². The average Bonchev–Trinajstić information content (AvgIpc) is 3.29. The summed E-state index contributed by atoms with van der Waals surface area (Å²) in [4.78, 5) is 38.0. The van der Waals surface area contributed by atoms with Crippen molar-refractivity contribution in [3.8, 4) is 0 Å². The summed E-state index contributed by atoms with van der Waals surface area (Å²) in [5, 5.41) is 0. The molecule has 1 unspecified atom stereocenters. The molecule has 0 rings (SSSR count). The van der Waals surface area contributed by atoms with Crippen molar-refractivity contribution in [1.29, 1.82) is 0 Å². The van der Waals surface area contributed by atoms with Crippen LogP contribution >= 0.6 is 0 Å². The fourth-order valence-corrected chi connectivity index (χ4v) is 7.86. The normalized spacial score (nSPS) is 12.4. The second kappa shape index (κ2) is 53.0. The van der Waals surface area contributed by atoms with E-state index in [4.69, 9.17) is 14.2 Å². The van der Waals surface area contributed by atoms with Crippen LogP contribution in [0.5, 0.6) is 0 Å². The zero-order chi connectivity index (χ0) is 46.5. The highest BCUT2D eigenvalue weighted by Gasteiger charge is 2.19. The molecule has 0 aliphatic carbocycles. The molecule has 0 aliphatic rings.